The highest BCUT2D eigenvalue weighted by Gasteiger charge is 2.25. The Morgan fingerprint density at radius 1 is 1.38 bits per heavy atom. The van der Waals surface area contributed by atoms with Crippen molar-refractivity contribution >= 4 is 17.5 Å². The Morgan fingerprint density at radius 2 is 2.14 bits per heavy atom. The second-order valence-corrected chi connectivity index (χ2v) is 5.82. The summed E-state index contributed by atoms with van der Waals surface area (Å²) < 4.78 is 0. The van der Waals surface area contributed by atoms with Crippen LogP contribution in [0.4, 0.5) is 5.69 Å². The average molecular weight is 289 g/mol. The molecule has 1 heterocycles. The molecule has 2 amide bonds. The fourth-order valence-electron chi connectivity index (χ4n) is 2.52. The average Bonchev–Trinajstić information content (AvgIpc) is 2.46. The topological polar surface area (TPSA) is 61.4 Å². The zero-order chi connectivity index (χ0) is 15.4. The predicted molar refractivity (Wildman–Crippen MR) is 83.3 cm³/mol. The van der Waals surface area contributed by atoms with E-state index in [-0.39, 0.29) is 11.8 Å². The summed E-state index contributed by atoms with van der Waals surface area (Å²) in [6.07, 6.45) is 0. The Labute approximate surface area is 125 Å². The highest BCUT2D eigenvalue weighted by molar-refractivity contribution is 5.96. The van der Waals surface area contributed by atoms with E-state index >= 15 is 0 Å². The molecule has 0 spiro atoms. The lowest BCUT2D eigenvalue weighted by molar-refractivity contribution is -0.114. The maximum absolute atomic E-state index is 12.6. The van der Waals surface area contributed by atoms with E-state index in [1.54, 1.807) is 24.3 Å². The number of carbonyl (C=O) groups is 2. The van der Waals surface area contributed by atoms with Crippen molar-refractivity contribution in [2.24, 2.45) is 5.92 Å². The summed E-state index contributed by atoms with van der Waals surface area (Å²) in [5.74, 6) is 0.377. The number of nitrogens with one attached hydrogen (secondary N) is 2. The molecule has 0 saturated carbocycles. The van der Waals surface area contributed by atoms with E-state index in [1.807, 2.05) is 4.90 Å². The second-order valence-electron chi connectivity index (χ2n) is 5.82. The molecule has 2 N–H and O–H groups in total. The minimum Gasteiger partial charge on any atom is -0.336 e. The first kappa shape index (κ1) is 15.5. The maximum Gasteiger partial charge on any atom is 0.254 e. The van der Waals surface area contributed by atoms with Gasteiger partial charge in [0.1, 0.15) is 0 Å². The number of amides is 2. The molecule has 1 aromatic rings. The number of hydrogen-bond acceptors (Lipinski definition) is 3. The van der Waals surface area contributed by atoms with E-state index in [4.69, 9.17) is 0 Å². The molecule has 0 aliphatic carbocycles. The van der Waals surface area contributed by atoms with Crippen LogP contribution in [0, 0.1) is 5.92 Å². The molecule has 1 atom stereocenters. The third kappa shape index (κ3) is 4.04. The van der Waals surface area contributed by atoms with Gasteiger partial charge in [0.2, 0.25) is 5.91 Å². The van der Waals surface area contributed by atoms with Gasteiger partial charge in [0.15, 0.2) is 0 Å². The number of carbonyl (C=O) groups excluding carboxylic acids is 2. The molecule has 0 bridgehead atoms. The summed E-state index contributed by atoms with van der Waals surface area (Å²) in [6, 6.07) is 7.44. The SMILES string of the molecule is CC(=O)Nc1cccc(C(=O)N2CCNC(C(C)C)C2)c1. The van der Waals surface area contributed by atoms with Crippen molar-refractivity contribution in [1.29, 1.82) is 0 Å². The Balaban J connectivity index is 2.10. The Morgan fingerprint density at radius 3 is 2.81 bits per heavy atom. The number of piperazine rings is 1. The largest absolute Gasteiger partial charge is 0.336 e. The lowest BCUT2D eigenvalue weighted by atomic mass is 10.0. The van der Waals surface area contributed by atoms with E-state index in [1.165, 1.54) is 6.92 Å². The fraction of sp³-hybridized carbons (Fsp3) is 0.500. The highest BCUT2D eigenvalue weighted by Crippen LogP contribution is 2.15. The van der Waals surface area contributed by atoms with E-state index in [2.05, 4.69) is 24.5 Å². The van der Waals surface area contributed by atoms with E-state index in [9.17, 15) is 9.59 Å². The van der Waals surface area contributed by atoms with Crippen LogP contribution in [-0.2, 0) is 4.79 Å². The van der Waals surface area contributed by atoms with Crippen molar-refractivity contribution in [3.63, 3.8) is 0 Å². The van der Waals surface area contributed by atoms with Crippen molar-refractivity contribution in [3.8, 4) is 0 Å². The van der Waals surface area contributed by atoms with Crippen LogP contribution in [0.2, 0.25) is 0 Å². The zero-order valence-electron chi connectivity index (χ0n) is 12.8. The van der Waals surface area contributed by atoms with E-state index < -0.39 is 0 Å². The number of benzene rings is 1. The van der Waals surface area contributed by atoms with Crippen LogP contribution in [0.3, 0.4) is 0 Å². The summed E-state index contributed by atoms with van der Waals surface area (Å²) in [5, 5.41) is 6.15. The zero-order valence-corrected chi connectivity index (χ0v) is 12.8. The standard InChI is InChI=1S/C16H23N3O2/c1-11(2)15-10-19(8-7-17-15)16(21)13-5-4-6-14(9-13)18-12(3)20/h4-6,9,11,15,17H,7-8,10H2,1-3H3,(H,18,20). The first-order valence-corrected chi connectivity index (χ1v) is 7.37. The normalized spacial score (nSPS) is 18.7. The van der Waals surface area contributed by atoms with Gasteiger partial charge in [0.05, 0.1) is 0 Å². The van der Waals surface area contributed by atoms with Crippen LogP contribution >= 0.6 is 0 Å². The molecule has 5 heteroatoms. The second kappa shape index (κ2) is 6.72. The van der Waals surface area contributed by atoms with Gasteiger partial charge >= 0.3 is 0 Å². The van der Waals surface area contributed by atoms with Gasteiger partial charge < -0.3 is 15.5 Å². The molecular weight excluding hydrogens is 266 g/mol. The smallest absolute Gasteiger partial charge is 0.254 e. The molecule has 1 fully saturated rings. The number of hydrogen-bond donors (Lipinski definition) is 2. The molecule has 1 saturated heterocycles. The first-order chi connectivity index (χ1) is 9.97. The Bertz CT molecular complexity index is 528. The lowest BCUT2D eigenvalue weighted by Gasteiger charge is -2.35. The van der Waals surface area contributed by atoms with Gasteiger partial charge in [-0.2, -0.15) is 0 Å². The van der Waals surface area contributed by atoms with Crippen LogP contribution in [0.5, 0.6) is 0 Å². The Hall–Kier alpha value is -1.88. The van der Waals surface area contributed by atoms with Crippen molar-refractivity contribution in [2.45, 2.75) is 26.8 Å². The minimum absolute atomic E-state index is 0.0225. The molecule has 0 aromatic heterocycles. The molecule has 0 radical (unpaired) electrons. The molecule has 5 nitrogen and oxygen atoms in total. The van der Waals surface area contributed by atoms with Gasteiger partial charge in [0.25, 0.3) is 5.91 Å². The van der Waals surface area contributed by atoms with E-state index in [0.29, 0.717) is 29.8 Å². The van der Waals surface area contributed by atoms with Crippen molar-refractivity contribution < 1.29 is 9.59 Å². The van der Waals surface area contributed by atoms with Crippen molar-refractivity contribution in [1.82, 2.24) is 10.2 Å². The molecule has 2 rings (SSSR count). The summed E-state index contributed by atoms with van der Waals surface area (Å²) >= 11 is 0. The van der Waals surface area contributed by atoms with Crippen LogP contribution in [0.25, 0.3) is 0 Å². The monoisotopic (exact) mass is 289 g/mol. The quantitative estimate of drug-likeness (QED) is 0.890. The molecular formula is C16H23N3O2. The molecule has 114 valence electrons. The summed E-state index contributed by atoms with van der Waals surface area (Å²) in [7, 11) is 0. The van der Waals surface area contributed by atoms with Gasteiger partial charge in [-0.1, -0.05) is 19.9 Å². The molecule has 21 heavy (non-hydrogen) atoms. The molecule has 1 aliphatic heterocycles. The minimum atomic E-state index is -0.137. The van der Waals surface area contributed by atoms with Gasteiger partial charge in [-0.15, -0.1) is 0 Å². The fourth-order valence-corrected chi connectivity index (χ4v) is 2.52. The third-order valence-corrected chi connectivity index (χ3v) is 3.73. The summed E-state index contributed by atoms with van der Waals surface area (Å²) in [4.78, 5) is 25.6. The van der Waals surface area contributed by atoms with Crippen LogP contribution in [-0.4, -0.2) is 42.4 Å². The van der Waals surface area contributed by atoms with Crippen molar-refractivity contribution in [2.75, 3.05) is 25.0 Å². The van der Waals surface area contributed by atoms with Gasteiger partial charge in [-0.25, -0.2) is 0 Å². The van der Waals surface area contributed by atoms with Gasteiger partial charge in [0, 0.05) is 43.9 Å². The van der Waals surface area contributed by atoms with Gasteiger partial charge in [-0.05, 0) is 24.1 Å². The summed E-state index contributed by atoms with van der Waals surface area (Å²) in [6.45, 7) is 8.03. The third-order valence-electron chi connectivity index (χ3n) is 3.73. The number of anilines is 1. The number of rotatable bonds is 3. The Kier molecular flexibility index (Phi) is 4.96. The lowest BCUT2D eigenvalue weighted by Crippen LogP contribution is -2.54. The number of nitrogens with zero attached hydrogens (tertiary/aromatic N) is 1. The molecule has 1 unspecified atom stereocenters. The van der Waals surface area contributed by atoms with Crippen LogP contribution in [0.1, 0.15) is 31.1 Å². The van der Waals surface area contributed by atoms with Crippen LogP contribution in [0.15, 0.2) is 24.3 Å². The highest BCUT2D eigenvalue weighted by atomic mass is 16.2. The predicted octanol–water partition coefficient (Wildman–Crippen LogP) is 1.71. The van der Waals surface area contributed by atoms with Crippen molar-refractivity contribution in [3.05, 3.63) is 29.8 Å². The molecule has 1 aliphatic rings. The van der Waals surface area contributed by atoms with Crippen LogP contribution < -0.4 is 10.6 Å². The maximum atomic E-state index is 12.6. The van der Waals surface area contributed by atoms with E-state index in [0.717, 1.165) is 13.1 Å². The van der Waals surface area contributed by atoms with Gasteiger partial charge in [-0.3, -0.25) is 9.59 Å². The first-order valence-electron chi connectivity index (χ1n) is 7.37. The molecule has 1 aromatic carbocycles. The summed E-state index contributed by atoms with van der Waals surface area (Å²) in [5.41, 5.74) is 1.27.